The van der Waals surface area contributed by atoms with E-state index in [2.05, 4.69) is 10.1 Å². The lowest BCUT2D eigenvalue weighted by molar-refractivity contribution is -0.141. The number of rotatable bonds is 5. The fraction of sp³-hybridized carbons (Fsp3) is 0.176. The largest absolute Gasteiger partial charge is 0.497 e. The van der Waals surface area contributed by atoms with E-state index in [-0.39, 0.29) is 23.2 Å². The summed E-state index contributed by atoms with van der Waals surface area (Å²) in [6.45, 7) is 0.188. The molecular weight excluding hydrogens is 371 g/mol. The van der Waals surface area contributed by atoms with Crippen LogP contribution in [0, 0.1) is 0 Å². The molecule has 0 bridgehead atoms. The molecule has 0 aliphatic heterocycles. The Labute approximate surface area is 151 Å². The first-order valence-corrected chi connectivity index (χ1v) is 7.79. The molecule has 0 fully saturated rings. The predicted octanol–water partition coefficient (Wildman–Crippen LogP) is 4.73. The first-order valence-electron chi connectivity index (χ1n) is 7.41. The Morgan fingerprint density at radius 1 is 1.15 bits per heavy atom. The van der Waals surface area contributed by atoms with Gasteiger partial charge in [0.1, 0.15) is 29.0 Å². The zero-order valence-electron chi connectivity index (χ0n) is 13.5. The average molecular weight is 384 g/mol. The van der Waals surface area contributed by atoms with Gasteiger partial charge in [-0.15, -0.1) is 0 Å². The number of nitrogens with one attached hydrogen (secondary N) is 1. The SMILES string of the molecule is COc1ccc(COc2cc(Cl)ncc2-c2cc(C(F)(F)F)[nH]n2)cc1. The summed E-state index contributed by atoms with van der Waals surface area (Å²) in [6, 6.07) is 9.52. The topological polar surface area (TPSA) is 60.0 Å². The molecule has 0 saturated heterocycles. The fourth-order valence-corrected chi connectivity index (χ4v) is 2.36. The quantitative estimate of drug-likeness (QED) is 0.647. The number of hydrogen-bond donors (Lipinski definition) is 1. The van der Waals surface area contributed by atoms with Gasteiger partial charge in [0.25, 0.3) is 0 Å². The molecule has 136 valence electrons. The molecule has 0 unspecified atom stereocenters. The monoisotopic (exact) mass is 383 g/mol. The number of benzene rings is 1. The van der Waals surface area contributed by atoms with Crippen LogP contribution in [0.3, 0.4) is 0 Å². The summed E-state index contributed by atoms with van der Waals surface area (Å²) in [6.07, 6.45) is -3.20. The van der Waals surface area contributed by atoms with Gasteiger partial charge in [-0.2, -0.15) is 18.3 Å². The maximum absolute atomic E-state index is 12.8. The molecule has 1 N–H and O–H groups in total. The molecule has 5 nitrogen and oxygen atoms in total. The number of halogens is 4. The highest BCUT2D eigenvalue weighted by molar-refractivity contribution is 6.29. The van der Waals surface area contributed by atoms with Gasteiger partial charge in [0, 0.05) is 12.3 Å². The Bertz CT molecular complexity index is 895. The highest BCUT2D eigenvalue weighted by Crippen LogP contribution is 2.34. The van der Waals surface area contributed by atoms with Gasteiger partial charge in [-0.3, -0.25) is 5.10 Å². The van der Waals surface area contributed by atoms with Crippen molar-refractivity contribution in [2.45, 2.75) is 12.8 Å². The van der Waals surface area contributed by atoms with Crippen molar-refractivity contribution in [3.63, 3.8) is 0 Å². The van der Waals surface area contributed by atoms with E-state index in [4.69, 9.17) is 21.1 Å². The van der Waals surface area contributed by atoms with Crippen molar-refractivity contribution in [2.24, 2.45) is 0 Å². The summed E-state index contributed by atoms with van der Waals surface area (Å²) in [5, 5.41) is 5.82. The Hall–Kier alpha value is -2.74. The van der Waals surface area contributed by atoms with Crippen LogP contribution in [0.15, 0.2) is 42.6 Å². The zero-order valence-corrected chi connectivity index (χ0v) is 14.2. The smallest absolute Gasteiger partial charge is 0.432 e. The third-order valence-corrected chi connectivity index (χ3v) is 3.75. The Balaban J connectivity index is 1.84. The fourth-order valence-electron chi connectivity index (χ4n) is 2.21. The summed E-state index contributed by atoms with van der Waals surface area (Å²) in [7, 11) is 1.57. The van der Waals surface area contributed by atoms with Crippen LogP contribution in [0.25, 0.3) is 11.3 Å². The number of H-pyrrole nitrogens is 1. The van der Waals surface area contributed by atoms with Gasteiger partial charge < -0.3 is 9.47 Å². The Kier molecular flexibility index (Phi) is 5.03. The number of ether oxygens (including phenoxy) is 2. The molecule has 0 atom stereocenters. The molecule has 0 amide bonds. The van der Waals surface area contributed by atoms with Crippen molar-refractivity contribution in [3.8, 4) is 22.8 Å². The van der Waals surface area contributed by atoms with E-state index in [0.717, 1.165) is 11.6 Å². The Morgan fingerprint density at radius 3 is 2.50 bits per heavy atom. The van der Waals surface area contributed by atoms with E-state index in [1.54, 1.807) is 19.2 Å². The van der Waals surface area contributed by atoms with Crippen LogP contribution in [0.2, 0.25) is 5.15 Å². The third-order valence-electron chi connectivity index (χ3n) is 3.55. The van der Waals surface area contributed by atoms with E-state index in [0.29, 0.717) is 11.3 Å². The van der Waals surface area contributed by atoms with Gasteiger partial charge in [0.05, 0.1) is 18.4 Å². The predicted molar refractivity (Wildman–Crippen MR) is 89.2 cm³/mol. The standard InChI is InChI=1S/C17H13ClF3N3O2/c1-25-11-4-2-10(3-5-11)9-26-14-7-16(18)22-8-12(14)13-6-15(24-23-13)17(19,20)21/h2-8H,9H2,1H3,(H,23,24). The van der Waals surface area contributed by atoms with Crippen molar-refractivity contribution in [1.29, 1.82) is 0 Å². The van der Waals surface area contributed by atoms with Gasteiger partial charge in [0.15, 0.2) is 0 Å². The van der Waals surface area contributed by atoms with Crippen LogP contribution in [0.4, 0.5) is 13.2 Å². The van der Waals surface area contributed by atoms with Gasteiger partial charge in [-0.1, -0.05) is 23.7 Å². The lowest BCUT2D eigenvalue weighted by Crippen LogP contribution is -2.04. The maximum atomic E-state index is 12.8. The van der Waals surface area contributed by atoms with Crippen LogP contribution in [-0.2, 0) is 12.8 Å². The molecule has 0 saturated carbocycles. The Morgan fingerprint density at radius 2 is 1.88 bits per heavy atom. The summed E-state index contributed by atoms with van der Waals surface area (Å²) < 4.78 is 49.1. The average Bonchev–Trinajstić information content (AvgIpc) is 3.11. The van der Waals surface area contributed by atoms with Gasteiger partial charge in [-0.05, 0) is 23.8 Å². The van der Waals surface area contributed by atoms with Crippen LogP contribution in [0.1, 0.15) is 11.3 Å². The molecule has 26 heavy (non-hydrogen) atoms. The molecule has 3 rings (SSSR count). The minimum Gasteiger partial charge on any atom is -0.497 e. The van der Waals surface area contributed by atoms with E-state index in [1.807, 2.05) is 17.2 Å². The van der Waals surface area contributed by atoms with Crippen LogP contribution in [0.5, 0.6) is 11.5 Å². The summed E-state index contributed by atoms with van der Waals surface area (Å²) in [4.78, 5) is 3.90. The molecule has 1 aromatic carbocycles. The third kappa shape index (κ3) is 4.08. The van der Waals surface area contributed by atoms with E-state index < -0.39 is 11.9 Å². The molecule has 2 heterocycles. The molecule has 0 radical (unpaired) electrons. The molecule has 0 aliphatic carbocycles. The number of methoxy groups -OCH3 is 1. The van der Waals surface area contributed by atoms with Gasteiger partial charge in [0.2, 0.25) is 0 Å². The second-order valence-electron chi connectivity index (χ2n) is 5.30. The number of pyridine rings is 1. The van der Waals surface area contributed by atoms with Gasteiger partial charge in [-0.25, -0.2) is 4.98 Å². The molecule has 3 aromatic rings. The highest BCUT2D eigenvalue weighted by atomic mass is 35.5. The van der Waals surface area contributed by atoms with Crippen molar-refractivity contribution >= 4 is 11.6 Å². The first kappa shape index (κ1) is 18.1. The van der Waals surface area contributed by atoms with Crippen LogP contribution >= 0.6 is 11.6 Å². The minimum absolute atomic E-state index is 0.0613. The molecular formula is C17H13ClF3N3O2. The number of nitrogens with zero attached hydrogens (tertiary/aromatic N) is 2. The molecule has 2 aromatic heterocycles. The summed E-state index contributed by atoms with van der Waals surface area (Å²) in [5.41, 5.74) is 0.257. The number of alkyl halides is 3. The number of aromatic nitrogens is 3. The highest BCUT2D eigenvalue weighted by Gasteiger charge is 2.33. The van der Waals surface area contributed by atoms with E-state index in [9.17, 15) is 13.2 Å². The van der Waals surface area contributed by atoms with Crippen LogP contribution in [-0.4, -0.2) is 22.3 Å². The zero-order chi connectivity index (χ0) is 18.7. The molecule has 0 aliphatic rings. The van der Waals surface area contributed by atoms with E-state index in [1.165, 1.54) is 12.3 Å². The van der Waals surface area contributed by atoms with Crippen molar-refractivity contribution in [2.75, 3.05) is 7.11 Å². The first-order chi connectivity index (χ1) is 12.4. The number of aromatic amines is 1. The molecule has 9 heteroatoms. The summed E-state index contributed by atoms with van der Waals surface area (Å²) in [5.74, 6) is 0.985. The molecule has 0 spiro atoms. The lowest BCUT2D eigenvalue weighted by Gasteiger charge is -2.11. The number of hydrogen-bond acceptors (Lipinski definition) is 4. The van der Waals surface area contributed by atoms with E-state index >= 15 is 0 Å². The second kappa shape index (κ2) is 7.25. The second-order valence-corrected chi connectivity index (χ2v) is 5.69. The summed E-state index contributed by atoms with van der Waals surface area (Å²) >= 11 is 5.89. The van der Waals surface area contributed by atoms with Crippen molar-refractivity contribution in [1.82, 2.24) is 15.2 Å². The van der Waals surface area contributed by atoms with Crippen LogP contribution < -0.4 is 9.47 Å². The van der Waals surface area contributed by atoms with Gasteiger partial charge >= 0.3 is 6.18 Å². The van der Waals surface area contributed by atoms with Crippen molar-refractivity contribution < 1.29 is 22.6 Å². The normalized spacial score (nSPS) is 11.4. The minimum atomic E-state index is -4.52. The lowest BCUT2D eigenvalue weighted by atomic mass is 10.2. The maximum Gasteiger partial charge on any atom is 0.432 e. The van der Waals surface area contributed by atoms with Crippen molar-refractivity contribution in [3.05, 3.63) is 59.0 Å².